The summed E-state index contributed by atoms with van der Waals surface area (Å²) < 4.78 is 6.73. The summed E-state index contributed by atoms with van der Waals surface area (Å²) in [5.41, 5.74) is 0.875. The second-order valence-electron chi connectivity index (χ2n) is 6.91. The minimum absolute atomic E-state index is 0.00715. The smallest absolute Gasteiger partial charge is 0.349 e. The summed E-state index contributed by atoms with van der Waals surface area (Å²) in [5, 5.41) is 8.90. The van der Waals surface area contributed by atoms with Crippen LogP contribution in [0.3, 0.4) is 0 Å². The molecule has 0 unspecified atom stereocenters. The molecule has 8 heteroatoms. The first-order valence-electron chi connectivity index (χ1n) is 9.51. The lowest BCUT2D eigenvalue weighted by Gasteiger charge is -2.08. The van der Waals surface area contributed by atoms with Crippen molar-refractivity contribution in [2.24, 2.45) is 7.05 Å². The van der Waals surface area contributed by atoms with E-state index in [-0.39, 0.29) is 17.8 Å². The van der Waals surface area contributed by atoms with E-state index in [1.807, 2.05) is 18.2 Å². The van der Waals surface area contributed by atoms with Crippen LogP contribution < -0.4 is 16.6 Å². The number of nitrogens with zero attached hydrogens (tertiary/aromatic N) is 2. The highest BCUT2D eigenvalue weighted by molar-refractivity contribution is 5.95. The van der Waals surface area contributed by atoms with E-state index in [4.69, 9.17) is 4.42 Å². The van der Waals surface area contributed by atoms with Crippen molar-refractivity contribution < 1.29 is 9.21 Å². The molecule has 0 saturated heterocycles. The Bertz CT molecular complexity index is 1100. The summed E-state index contributed by atoms with van der Waals surface area (Å²) in [6.07, 6.45) is 2.73. The van der Waals surface area contributed by atoms with Gasteiger partial charge in [0.1, 0.15) is 17.1 Å². The maximum atomic E-state index is 12.4. The molecule has 0 aliphatic heterocycles. The Kier molecular flexibility index (Phi) is 6.43. The number of rotatable bonds is 8. The van der Waals surface area contributed by atoms with Crippen molar-refractivity contribution in [3.63, 3.8) is 0 Å². The number of H-pyrrole nitrogens is 1. The van der Waals surface area contributed by atoms with E-state index >= 15 is 0 Å². The molecule has 0 atom stereocenters. The van der Waals surface area contributed by atoms with Gasteiger partial charge in [-0.15, -0.1) is 0 Å². The van der Waals surface area contributed by atoms with E-state index in [1.165, 1.54) is 10.1 Å². The number of hydrogen-bond donors (Lipinski definition) is 2. The van der Waals surface area contributed by atoms with Gasteiger partial charge >= 0.3 is 11.3 Å². The molecule has 0 spiro atoms. The fourth-order valence-corrected chi connectivity index (χ4v) is 3.16. The Morgan fingerprint density at radius 1 is 1.17 bits per heavy atom. The Morgan fingerprint density at radius 2 is 1.93 bits per heavy atom. The van der Waals surface area contributed by atoms with Crippen molar-refractivity contribution in [3.8, 4) is 0 Å². The number of carbonyl (C=O) groups excluding carboxylic acids is 1. The number of benzene rings is 1. The van der Waals surface area contributed by atoms with Crippen LogP contribution in [-0.4, -0.2) is 27.2 Å². The summed E-state index contributed by atoms with van der Waals surface area (Å²) in [6, 6.07) is 11.9. The van der Waals surface area contributed by atoms with Crippen LogP contribution in [0, 0.1) is 6.92 Å². The number of aromatic amines is 1. The van der Waals surface area contributed by atoms with E-state index in [0.29, 0.717) is 30.0 Å². The molecule has 0 aliphatic carbocycles. The lowest BCUT2D eigenvalue weighted by atomic mass is 10.1. The van der Waals surface area contributed by atoms with E-state index in [9.17, 15) is 14.4 Å². The minimum Gasteiger partial charge on any atom is -0.427 e. The summed E-state index contributed by atoms with van der Waals surface area (Å²) in [7, 11) is 1.60. The first-order valence-corrected chi connectivity index (χ1v) is 9.51. The molecule has 1 amide bonds. The van der Waals surface area contributed by atoms with Gasteiger partial charge in [-0.05, 0) is 37.0 Å². The third-order valence-electron chi connectivity index (χ3n) is 4.76. The van der Waals surface area contributed by atoms with Crippen LogP contribution >= 0.6 is 0 Å². The molecule has 3 rings (SSSR count). The molecule has 0 radical (unpaired) electrons. The molecule has 0 aliphatic rings. The lowest BCUT2D eigenvalue weighted by Crippen LogP contribution is -2.31. The standard InChI is InChI=1S/C21H24N4O4/c1-14-13-16(10-6-9-15-7-4-3-5-8-15)29-20(27)18(14)19(26)22-12-11-17-23-24-21(28)25(17)2/h3-5,7-8,13H,6,9-12H2,1-2H3,(H,22,26)(H,24,28). The highest BCUT2D eigenvalue weighted by atomic mass is 16.4. The van der Waals surface area contributed by atoms with Crippen LogP contribution in [0.1, 0.15) is 39.5 Å². The molecule has 152 valence electrons. The average Bonchev–Trinajstić information content (AvgIpc) is 3.00. The lowest BCUT2D eigenvalue weighted by molar-refractivity contribution is 0.0949. The zero-order valence-corrected chi connectivity index (χ0v) is 16.5. The molecule has 2 aromatic heterocycles. The Balaban J connectivity index is 1.58. The molecule has 1 aromatic carbocycles. The minimum atomic E-state index is -0.635. The monoisotopic (exact) mass is 396 g/mol. The molecule has 8 nitrogen and oxygen atoms in total. The number of aromatic nitrogens is 3. The molecule has 0 bridgehead atoms. The van der Waals surface area contributed by atoms with Crippen LogP contribution in [0.2, 0.25) is 0 Å². The van der Waals surface area contributed by atoms with Gasteiger partial charge in [0.05, 0.1) is 0 Å². The third-order valence-corrected chi connectivity index (χ3v) is 4.76. The third kappa shape index (κ3) is 5.10. The normalized spacial score (nSPS) is 10.8. The van der Waals surface area contributed by atoms with Gasteiger partial charge in [-0.1, -0.05) is 30.3 Å². The first kappa shape index (κ1) is 20.3. The highest BCUT2D eigenvalue weighted by Crippen LogP contribution is 2.11. The number of amides is 1. The highest BCUT2D eigenvalue weighted by Gasteiger charge is 2.17. The van der Waals surface area contributed by atoms with Crippen LogP contribution in [0.25, 0.3) is 0 Å². The van der Waals surface area contributed by atoms with Gasteiger partial charge in [-0.25, -0.2) is 14.7 Å². The largest absolute Gasteiger partial charge is 0.427 e. The fourth-order valence-electron chi connectivity index (χ4n) is 3.16. The predicted molar refractivity (Wildman–Crippen MR) is 108 cm³/mol. The number of nitrogens with one attached hydrogen (secondary N) is 2. The van der Waals surface area contributed by atoms with Crippen molar-refractivity contribution in [3.05, 3.63) is 85.6 Å². The van der Waals surface area contributed by atoms with Crippen molar-refractivity contribution in [1.29, 1.82) is 0 Å². The fraction of sp³-hybridized carbons (Fsp3) is 0.333. The maximum absolute atomic E-state index is 12.4. The molecule has 29 heavy (non-hydrogen) atoms. The molecule has 3 aromatic rings. The Morgan fingerprint density at radius 3 is 2.59 bits per heavy atom. The van der Waals surface area contributed by atoms with Crippen LogP contribution in [0.5, 0.6) is 0 Å². The van der Waals surface area contributed by atoms with E-state index < -0.39 is 11.5 Å². The van der Waals surface area contributed by atoms with Gasteiger partial charge in [-0.2, -0.15) is 5.10 Å². The predicted octanol–water partition coefficient (Wildman–Crippen LogP) is 1.52. The van der Waals surface area contributed by atoms with Gasteiger partial charge in [-0.3, -0.25) is 9.36 Å². The van der Waals surface area contributed by atoms with Gasteiger partial charge in [0.25, 0.3) is 5.91 Å². The van der Waals surface area contributed by atoms with E-state index in [1.54, 1.807) is 20.0 Å². The SMILES string of the molecule is Cc1cc(CCCc2ccccc2)oc(=O)c1C(=O)NCCc1n[nH]c(=O)n1C. The summed E-state index contributed by atoms with van der Waals surface area (Å²) in [5.74, 6) is 0.604. The van der Waals surface area contributed by atoms with E-state index in [2.05, 4.69) is 27.6 Å². The zero-order valence-electron chi connectivity index (χ0n) is 16.5. The second-order valence-corrected chi connectivity index (χ2v) is 6.91. The van der Waals surface area contributed by atoms with Crippen LogP contribution in [-0.2, 0) is 26.3 Å². The zero-order chi connectivity index (χ0) is 20.8. The van der Waals surface area contributed by atoms with Crippen LogP contribution in [0.15, 0.2) is 50.4 Å². The van der Waals surface area contributed by atoms with Crippen molar-refractivity contribution in [1.82, 2.24) is 20.1 Å². The van der Waals surface area contributed by atoms with Crippen molar-refractivity contribution in [2.45, 2.75) is 32.6 Å². The molecular formula is C21H24N4O4. The number of aryl methyl sites for hydroxylation is 3. The first-order chi connectivity index (χ1) is 14.0. The van der Waals surface area contributed by atoms with Gasteiger partial charge < -0.3 is 9.73 Å². The summed E-state index contributed by atoms with van der Waals surface area (Å²) in [6.45, 7) is 1.97. The quantitative estimate of drug-likeness (QED) is 0.600. The molecule has 0 fully saturated rings. The maximum Gasteiger partial charge on any atom is 0.349 e. The van der Waals surface area contributed by atoms with Crippen molar-refractivity contribution in [2.75, 3.05) is 6.54 Å². The molecule has 0 saturated carbocycles. The van der Waals surface area contributed by atoms with Gasteiger partial charge in [0, 0.05) is 26.4 Å². The number of carbonyl (C=O) groups is 1. The van der Waals surface area contributed by atoms with Crippen LogP contribution in [0.4, 0.5) is 0 Å². The second kappa shape index (κ2) is 9.18. The van der Waals surface area contributed by atoms with Crippen molar-refractivity contribution >= 4 is 5.91 Å². The molecule has 2 heterocycles. The molecule has 2 N–H and O–H groups in total. The topological polar surface area (TPSA) is 110 Å². The summed E-state index contributed by atoms with van der Waals surface area (Å²) >= 11 is 0. The van der Waals surface area contributed by atoms with Gasteiger partial charge in [0.2, 0.25) is 0 Å². The van der Waals surface area contributed by atoms with E-state index in [0.717, 1.165) is 12.8 Å². The molecular weight excluding hydrogens is 372 g/mol. The Hall–Kier alpha value is -3.42. The average molecular weight is 396 g/mol. The number of hydrogen-bond acceptors (Lipinski definition) is 5. The van der Waals surface area contributed by atoms with Gasteiger partial charge in [0.15, 0.2) is 0 Å². The summed E-state index contributed by atoms with van der Waals surface area (Å²) in [4.78, 5) is 36.1. The Labute approximate surface area is 167 Å².